The summed E-state index contributed by atoms with van der Waals surface area (Å²) < 4.78 is 0. The molecule has 21 heavy (non-hydrogen) atoms. The first-order valence-corrected chi connectivity index (χ1v) is 7.41. The Morgan fingerprint density at radius 2 is 1.81 bits per heavy atom. The SMILES string of the molecule is C=CCCCCCC[C@@H](NC(=O)c1ccccc1)C(N)=O. The second-order valence-electron chi connectivity index (χ2n) is 5.07. The van der Waals surface area contributed by atoms with Gasteiger partial charge in [-0.3, -0.25) is 9.59 Å². The summed E-state index contributed by atoms with van der Waals surface area (Å²) in [6, 6.07) is 8.23. The van der Waals surface area contributed by atoms with Crippen LogP contribution in [0.5, 0.6) is 0 Å². The molecule has 2 amide bonds. The molecule has 0 radical (unpaired) electrons. The number of carbonyl (C=O) groups is 2. The van der Waals surface area contributed by atoms with Crippen molar-refractivity contribution in [3.05, 3.63) is 48.6 Å². The Hall–Kier alpha value is -2.10. The van der Waals surface area contributed by atoms with Gasteiger partial charge >= 0.3 is 0 Å². The molecule has 0 aromatic heterocycles. The molecule has 1 aromatic carbocycles. The topological polar surface area (TPSA) is 72.2 Å². The predicted molar refractivity (Wildman–Crippen MR) is 84.8 cm³/mol. The van der Waals surface area contributed by atoms with Gasteiger partial charge in [-0.2, -0.15) is 0 Å². The van der Waals surface area contributed by atoms with Gasteiger partial charge in [0.05, 0.1) is 0 Å². The Balaban J connectivity index is 2.38. The maximum absolute atomic E-state index is 12.0. The molecule has 0 saturated carbocycles. The molecule has 0 spiro atoms. The summed E-state index contributed by atoms with van der Waals surface area (Å²) in [6.07, 6.45) is 7.63. The van der Waals surface area contributed by atoms with Crippen molar-refractivity contribution in [1.82, 2.24) is 5.32 Å². The van der Waals surface area contributed by atoms with Gasteiger partial charge < -0.3 is 11.1 Å². The van der Waals surface area contributed by atoms with E-state index in [-0.39, 0.29) is 5.91 Å². The molecule has 4 nitrogen and oxygen atoms in total. The number of benzene rings is 1. The van der Waals surface area contributed by atoms with E-state index in [0.717, 1.165) is 32.1 Å². The van der Waals surface area contributed by atoms with Gasteiger partial charge in [0.15, 0.2) is 0 Å². The van der Waals surface area contributed by atoms with Crippen LogP contribution in [0.1, 0.15) is 48.9 Å². The maximum atomic E-state index is 12.0. The van der Waals surface area contributed by atoms with E-state index in [4.69, 9.17) is 5.73 Å². The number of primary amides is 1. The van der Waals surface area contributed by atoms with Crippen molar-refractivity contribution in [1.29, 1.82) is 0 Å². The van der Waals surface area contributed by atoms with E-state index in [9.17, 15) is 9.59 Å². The molecule has 0 aliphatic heterocycles. The Morgan fingerprint density at radius 3 is 2.43 bits per heavy atom. The van der Waals surface area contributed by atoms with E-state index in [1.165, 1.54) is 0 Å². The van der Waals surface area contributed by atoms with Crippen LogP contribution < -0.4 is 11.1 Å². The highest BCUT2D eigenvalue weighted by Gasteiger charge is 2.18. The summed E-state index contributed by atoms with van der Waals surface area (Å²) in [7, 11) is 0. The summed E-state index contributed by atoms with van der Waals surface area (Å²) in [4.78, 5) is 23.4. The fraction of sp³-hybridized carbons (Fsp3) is 0.412. The maximum Gasteiger partial charge on any atom is 0.251 e. The van der Waals surface area contributed by atoms with Crippen molar-refractivity contribution in [2.45, 2.75) is 44.6 Å². The smallest absolute Gasteiger partial charge is 0.251 e. The molecule has 0 bridgehead atoms. The average Bonchev–Trinajstić information content (AvgIpc) is 2.50. The Morgan fingerprint density at radius 1 is 1.14 bits per heavy atom. The van der Waals surface area contributed by atoms with Crippen molar-refractivity contribution in [2.24, 2.45) is 5.73 Å². The molecule has 1 atom stereocenters. The zero-order valence-electron chi connectivity index (χ0n) is 12.4. The molecular formula is C17H24N2O2. The normalized spacial score (nSPS) is 11.6. The molecule has 0 aliphatic carbocycles. The van der Waals surface area contributed by atoms with Gasteiger partial charge in [-0.25, -0.2) is 0 Å². The number of nitrogens with one attached hydrogen (secondary N) is 1. The summed E-state index contributed by atoms with van der Waals surface area (Å²) in [5.41, 5.74) is 5.90. The lowest BCUT2D eigenvalue weighted by molar-refractivity contribution is -0.120. The van der Waals surface area contributed by atoms with Crippen LogP contribution in [0.25, 0.3) is 0 Å². The van der Waals surface area contributed by atoms with Crippen LogP contribution in [0, 0.1) is 0 Å². The Bertz CT molecular complexity index is 457. The van der Waals surface area contributed by atoms with Gasteiger partial charge in [0, 0.05) is 5.56 Å². The third-order valence-electron chi connectivity index (χ3n) is 3.34. The van der Waals surface area contributed by atoms with Gasteiger partial charge in [0.2, 0.25) is 5.91 Å². The third kappa shape index (κ3) is 6.75. The van der Waals surface area contributed by atoms with Crippen LogP contribution in [-0.2, 0) is 4.79 Å². The fourth-order valence-corrected chi connectivity index (χ4v) is 2.11. The zero-order valence-corrected chi connectivity index (χ0v) is 12.4. The van der Waals surface area contributed by atoms with Crippen LogP contribution >= 0.6 is 0 Å². The highest BCUT2D eigenvalue weighted by molar-refractivity contribution is 5.97. The minimum absolute atomic E-state index is 0.258. The van der Waals surface area contributed by atoms with E-state index in [2.05, 4.69) is 11.9 Å². The minimum atomic E-state index is -0.600. The zero-order chi connectivity index (χ0) is 15.5. The summed E-state index contributed by atoms with van der Waals surface area (Å²) in [5.74, 6) is -0.739. The van der Waals surface area contributed by atoms with E-state index in [1.807, 2.05) is 12.1 Å². The van der Waals surface area contributed by atoms with E-state index >= 15 is 0 Å². The van der Waals surface area contributed by atoms with Gasteiger partial charge in [-0.05, 0) is 31.4 Å². The average molecular weight is 288 g/mol. The van der Waals surface area contributed by atoms with E-state index < -0.39 is 11.9 Å². The van der Waals surface area contributed by atoms with Crippen molar-refractivity contribution >= 4 is 11.8 Å². The van der Waals surface area contributed by atoms with Crippen molar-refractivity contribution in [3.8, 4) is 0 Å². The summed E-state index contributed by atoms with van der Waals surface area (Å²) in [6.45, 7) is 3.68. The lowest BCUT2D eigenvalue weighted by Crippen LogP contribution is -2.44. The van der Waals surface area contributed by atoms with Gasteiger partial charge in [0.1, 0.15) is 6.04 Å². The van der Waals surface area contributed by atoms with E-state index in [1.54, 1.807) is 24.3 Å². The second kappa shape index (κ2) is 9.75. The molecule has 114 valence electrons. The molecule has 3 N–H and O–H groups in total. The summed E-state index contributed by atoms with van der Waals surface area (Å²) in [5, 5.41) is 2.71. The highest BCUT2D eigenvalue weighted by atomic mass is 16.2. The molecule has 0 saturated heterocycles. The first-order valence-electron chi connectivity index (χ1n) is 7.41. The monoisotopic (exact) mass is 288 g/mol. The van der Waals surface area contributed by atoms with Crippen molar-refractivity contribution < 1.29 is 9.59 Å². The Labute approximate surface area is 126 Å². The lowest BCUT2D eigenvalue weighted by atomic mass is 10.1. The largest absolute Gasteiger partial charge is 0.368 e. The highest BCUT2D eigenvalue weighted by Crippen LogP contribution is 2.08. The first-order chi connectivity index (χ1) is 10.1. The number of carbonyl (C=O) groups excluding carboxylic acids is 2. The lowest BCUT2D eigenvalue weighted by Gasteiger charge is -2.15. The standard InChI is InChI=1S/C17H24N2O2/c1-2-3-4-5-6-10-13-15(16(18)20)19-17(21)14-11-8-7-9-12-14/h2,7-9,11-12,15H,1,3-6,10,13H2,(H2,18,20)(H,19,21)/t15-/m1/s1. The first kappa shape index (κ1) is 17.0. The van der Waals surface area contributed by atoms with Gasteiger partial charge in [-0.1, -0.05) is 43.5 Å². The number of hydrogen-bond donors (Lipinski definition) is 2. The number of rotatable bonds is 10. The van der Waals surface area contributed by atoms with Crippen LogP contribution in [-0.4, -0.2) is 17.9 Å². The molecule has 1 aromatic rings. The third-order valence-corrected chi connectivity index (χ3v) is 3.34. The van der Waals surface area contributed by atoms with Crippen LogP contribution in [0.4, 0.5) is 0 Å². The molecule has 0 aliphatic rings. The number of nitrogens with two attached hydrogens (primary N) is 1. The number of amides is 2. The molecular weight excluding hydrogens is 264 g/mol. The van der Waals surface area contributed by atoms with Gasteiger partial charge in [0.25, 0.3) is 5.91 Å². The fourth-order valence-electron chi connectivity index (χ4n) is 2.11. The molecule has 0 unspecified atom stereocenters. The van der Waals surface area contributed by atoms with Crippen LogP contribution in [0.2, 0.25) is 0 Å². The van der Waals surface area contributed by atoms with Crippen molar-refractivity contribution in [3.63, 3.8) is 0 Å². The molecule has 1 rings (SSSR count). The molecule has 4 heteroatoms. The van der Waals surface area contributed by atoms with Crippen molar-refractivity contribution in [2.75, 3.05) is 0 Å². The van der Waals surface area contributed by atoms with Crippen LogP contribution in [0.3, 0.4) is 0 Å². The second-order valence-corrected chi connectivity index (χ2v) is 5.07. The Kier molecular flexibility index (Phi) is 7.87. The van der Waals surface area contributed by atoms with Gasteiger partial charge in [-0.15, -0.1) is 6.58 Å². The quantitative estimate of drug-likeness (QED) is 0.513. The van der Waals surface area contributed by atoms with E-state index in [0.29, 0.717) is 12.0 Å². The molecule has 0 heterocycles. The minimum Gasteiger partial charge on any atom is -0.368 e. The van der Waals surface area contributed by atoms with Crippen LogP contribution in [0.15, 0.2) is 43.0 Å². The predicted octanol–water partition coefficient (Wildman–Crippen LogP) is 2.80. The number of unbranched alkanes of at least 4 members (excludes halogenated alkanes) is 4. The molecule has 0 fully saturated rings. The summed E-state index contributed by atoms with van der Waals surface area (Å²) >= 11 is 0. The number of hydrogen-bond acceptors (Lipinski definition) is 2. The number of allylic oxidation sites excluding steroid dienone is 1.